The van der Waals surface area contributed by atoms with Gasteiger partial charge < -0.3 is 10.5 Å². The highest BCUT2D eigenvalue weighted by atomic mass is 16.5. The topological polar surface area (TPSA) is 59.0 Å². The number of benzene rings is 2. The molecule has 0 aliphatic rings. The van der Waals surface area contributed by atoms with E-state index in [4.69, 9.17) is 15.7 Å². The van der Waals surface area contributed by atoms with Gasteiger partial charge in [-0.1, -0.05) is 30.3 Å². The van der Waals surface area contributed by atoms with Gasteiger partial charge in [-0.3, -0.25) is 0 Å². The molecule has 0 aromatic heterocycles. The Morgan fingerprint density at radius 3 is 2.47 bits per heavy atom. The zero-order chi connectivity index (χ0) is 13.7. The van der Waals surface area contributed by atoms with E-state index in [2.05, 4.69) is 6.07 Å². The molecule has 2 N–H and O–H groups in total. The van der Waals surface area contributed by atoms with Gasteiger partial charge in [0.15, 0.2) is 0 Å². The van der Waals surface area contributed by atoms with Crippen LogP contribution >= 0.6 is 0 Å². The largest absolute Gasteiger partial charge is 0.489 e. The Morgan fingerprint density at radius 1 is 1.16 bits per heavy atom. The zero-order valence-electron chi connectivity index (χ0n) is 10.8. The van der Waals surface area contributed by atoms with E-state index in [0.29, 0.717) is 12.2 Å². The minimum Gasteiger partial charge on any atom is -0.489 e. The molecule has 96 valence electrons. The highest BCUT2D eigenvalue weighted by Crippen LogP contribution is 2.24. The first-order valence-corrected chi connectivity index (χ1v) is 6.17. The maximum absolute atomic E-state index is 8.74. The third-order valence-corrected chi connectivity index (χ3v) is 2.89. The van der Waals surface area contributed by atoms with Crippen LogP contribution in [0.4, 0.5) is 0 Å². The lowest BCUT2D eigenvalue weighted by Crippen LogP contribution is -2.07. The van der Waals surface area contributed by atoms with Gasteiger partial charge in [0.05, 0.1) is 11.6 Å². The molecular formula is C16H16N2O. The first-order valence-electron chi connectivity index (χ1n) is 6.17. The lowest BCUT2D eigenvalue weighted by Gasteiger charge is -2.13. The number of nitriles is 1. The van der Waals surface area contributed by atoms with Gasteiger partial charge in [-0.15, -0.1) is 0 Å². The molecule has 0 fully saturated rings. The summed E-state index contributed by atoms with van der Waals surface area (Å²) >= 11 is 0. The number of rotatable bonds is 4. The Bertz CT molecular complexity index is 582. The summed E-state index contributed by atoms with van der Waals surface area (Å²) in [6, 6.07) is 17.2. The van der Waals surface area contributed by atoms with Gasteiger partial charge in [0.1, 0.15) is 12.4 Å². The van der Waals surface area contributed by atoms with E-state index < -0.39 is 0 Å². The standard InChI is InChI=1S/C16H16N2O/c1-12(18)15-4-2-3-5-16(15)19-11-14-8-6-13(10-17)7-9-14/h2-9,12H,11,18H2,1H3/t12-/m1/s1. The molecular weight excluding hydrogens is 236 g/mol. The number of nitrogens with two attached hydrogens (primary N) is 1. The number of hydrogen-bond donors (Lipinski definition) is 1. The summed E-state index contributed by atoms with van der Waals surface area (Å²) < 4.78 is 5.80. The maximum atomic E-state index is 8.74. The third-order valence-electron chi connectivity index (χ3n) is 2.89. The molecule has 3 nitrogen and oxygen atoms in total. The molecule has 0 saturated carbocycles. The van der Waals surface area contributed by atoms with Crippen LogP contribution in [0.15, 0.2) is 48.5 Å². The summed E-state index contributed by atoms with van der Waals surface area (Å²) in [6.45, 7) is 2.40. The fourth-order valence-electron chi connectivity index (χ4n) is 1.82. The average molecular weight is 252 g/mol. The summed E-state index contributed by atoms with van der Waals surface area (Å²) in [5.74, 6) is 0.807. The van der Waals surface area contributed by atoms with Gasteiger partial charge >= 0.3 is 0 Å². The van der Waals surface area contributed by atoms with Crippen LogP contribution in [0.25, 0.3) is 0 Å². The van der Waals surface area contributed by atoms with Crippen molar-refractivity contribution in [1.82, 2.24) is 0 Å². The van der Waals surface area contributed by atoms with Crippen molar-refractivity contribution in [2.45, 2.75) is 19.6 Å². The van der Waals surface area contributed by atoms with Crippen molar-refractivity contribution in [2.75, 3.05) is 0 Å². The second-order valence-corrected chi connectivity index (χ2v) is 4.42. The molecule has 19 heavy (non-hydrogen) atoms. The van der Waals surface area contributed by atoms with Crippen LogP contribution < -0.4 is 10.5 Å². The van der Waals surface area contributed by atoms with Crippen molar-refractivity contribution in [3.05, 3.63) is 65.2 Å². The van der Waals surface area contributed by atoms with Crippen LogP contribution in [0.1, 0.15) is 29.7 Å². The lowest BCUT2D eigenvalue weighted by atomic mass is 10.1. The molecule has 1 atom stereocenters. The number of ether oxygens (including phenoxy) is 1. The van der Waals surface area contributed by atoms with E-state index in [0.717, 1.165) is 16.9 Å². The average Bonchev–Trinajstić information content (AvgIpc) is 2.46. The third kappa shape index (κ3) is 3.34. The molecule has 0 radical (unpaired) electrons. The summed E-state index contributed by atoms with van der Waals surface area (Å²) in [5, 5.41) is 8.74. The number of nitrogens with zero attached hydrogens (tertiary/aromatic N) is 1. The molecule has 0 heterocycles. The smallest absolute Gasteiger partial charge is 0.124 e. The Labute approximate surface area is 113 Å². The molecule has 0 aliphatic heterocycles. The number of para-hydroxylation sites is 1. The van der Waals surface area contributed by atoms with E-state index >= 15 is 0 Å². The lowest BCUT2D eigenvalue weighted by molar-refractivity contribution is 0.301. The van der Waals surface area contributed by atoms with Crippen molar-refractivity contribution in [3.63, 3.8) is 0 Å². The Kier molecular flexibility index (Phi) is 4.17. The van der Waals surface area contributed by atoms with Crippen molar-refractivity contribution in [1.29, 1.82) is 5.26 Å². The number of hydrogen-bond acceptors (Lipinski definition) is 3. The van der Waals surface area contributed by atoms with Crippen LogP contribution in [-0.2, 0) is 6.61 Å². The minimum absolute atomic E-state index is 0.0582. The molecule has 0 spiro atoms. The Hall–Kier alpha value is -2.31. The summed E-state index contributed by atoms with van der Waals surface area (Å²) in [7, 11) is 0. The van der Waals surface area contributed by atoms with Gasteiger partial charge in [0, 0.05) is 11.6 Å². The van der Waals surface area contributed by atoms with E-state index in [-0.39, 0.29) is 6.04 Å². The van der Waals surface area contributed by atoms with Gasteiger partial charge in [0.25, 0.3) is 0 Å². The fraction of sp³-hybridized carbons (Fsp3) is 0.188. The molecule has 2 aromatic carbocycles. The monoisotopic (exact) mass is 252 g/mol. The van der Waals surface area contributed by atoms with Gasteiger partial charge in [-0.25, -0.2) is 0 Å². The molecule has 3 heteroatoms. The summed E-state index contributed by atoms with van der Waals surface area (Å²) in [5.41, 5.74) is 8.58. The molecule has 0 aliphatic carbocycles. The van der Waals surface area contributed by atoms with E-state index in [1.54, 1.807) is 12.1 Å². The normalized spacial score (nSPS) is 11.6. The maximum Gasteiger partial charge on any atom is 0.124 e. The van der Waals surface area contributed by atoms with E-state index in [1.807, 2.05) is 43.3 Å². The fourth-order valence-corrected chi connectivity index (χ4v) is 1.82. The van der Waals surface area contributed by atoms with Crippen molar-refractivity contribution >= 4 is 0 Å². The van der Waals surface area contributed by atoms with Crippen LogP contribution in [0.5, 0.6) is 5.75 Å². The van der Waals surface area contributed by atoms with E-state index in [9.17, 15) is 0 Å². The molecule has 2 aromatic rings. The second-order valence-electron chi connectivity index (χ2n) is 4.42. The van der Waals surface area contributed by atoms with Crippen molar-refractivity contribution in [3.8, 4) is 11.8 Å². The molecule has 0 bridgehead atoms. The van der Waals surface area contributed by atoms with Crippen LogP contribution in [0.2, 0.25) is 0 Å². The predicted octanol–water partition coefficient (Wildman–Crippen LogP) is 3.16. The van der Waals surface area contributed by atoms with Gasteiger partial charge in [-0.05, 0) is 30.7 Å². The Balaban J connectivity index is 2.08. The Morgan fingerprint density at radius 2 is 1.84 bits per heavy atom. The first kappa shape index (κ1) is 13.1. The quantitative estimate of drug-likeness (QED) is 0.909. The van der Waals surface area contributed by atoms with Gasteiger partial charge in [0.2, 0.25) is 0 Å². The van der Waals surface area contributed by atoms with Crippen LogP contribution in [0, 0.1) is 11.3 Å². The van der Waals surface area contributed by atoms with Crippen molar-refractivity contribution < 1.29 is 4.74 Å². The highest BCUT2D eigenvalue weighted by molar-refractivity contribution is 5.36. The second kappa shape index (κ2) is 6.03. The minimum atomic E-state index is -0.0582. The molecule has 2 rings (SSSR count). The van der Waals surface area contributed by atoms with Crippen LogP contribution in [0.3, 0.4) is 0 Å². The molecule has 0 saturated heterocycles. The SMILES string of the molecule is C[C@@H](N)c1ccccc1OCc1ccc(C#N)cc1. The zero-order valence-corrected chi connectivity index (χ0v) is 10.8. The van der Waals surface area contributed by atoms with Gasteiger partial charge in [-0.2, -0.15) is 5.26 Å². The summed E-state index contributed by atoms with van der Waals surface area (Å²) in [4.78, 5) is 0. The first-order chi connectivity index (χ1) is 9.20. The van der Waals surface area contributed by atoms with Crippen molar-refractivity contribution in [2.24, 2.45) is 5.73 Å². The van der Waals surface area contributed by atoms with Crippen LogP contribution in [-0.4, -0.2) is 0 Å². The molecule has 0 unspecified atom stereocenters. The summed E-state index contributed by atoms with van der Waals surface area (Å²) in [6.07, 6.45) is 0. The predicted molar refractivity (Wildman–Crippen MR) is 74.5 cm³/mol. The highest BCUT2D eigenvalue weighted by Gasteiger charge is 2.07. The molecule has 0 amide bonds. The van der Waals surface area contributed by atoms with E-state index in [1.165, 1.54) is 0 Å².